The van der Waals surface area contributed by atoms with Crippen molar-refractivity contribution in [1.29, 1.82) is 0 Å². The average Bonchev–Trinajstić information content (AvgIpc) is 3.42. The molecule has 0 atom stereocenters. The summed E-state index contributed by atoms with van der Waals surface area (Å²) in [5, 5.41) is 8.21. The lowest BCUT2D eigenvalue weighted by atomic mass is 10.1. The zero-order chi connectivity index (χ0) is 17.8. The van der Waals surface area contributed by atoms with Gasteiger partial charge in [-0.25, -0.2) is 9.18 Å². The van der Waals surface area contributed by atoms with Crippen molar-refractivity contribution in [1.82, 2.24) is 5.32 Å². The monoisotopic (exact) mass is 341 g/mol. The van der Waals surface area contributed by atoms with E-state index < -0.39 is 6.03 Å². The van der Waals surface area contributed by atoms with Crippen LogP contribution in [0.3, 0.4) is 0 Å². The van der Waals surface area contributed by atoms with Crippen LogP contribution < -0.4 is 16.0 Å². The minimum Gasteiger partial charge on any atom is -0.334 e. The molecule has 0 bridgehead atoms. The first-order valence-corrected chi connectivity index (χ1v) is 8.22. The van der Waals surface area contributed by atoms with Gasteiger partial charge in [0.1, 0.15) is 5.82 Å². The largest absolute Gasteiger partial charge is 0.334 e. The van der Waals surface area contributed by atoms with Gasteiger partial charge in [0.25, 0.3) is 0 Å². The molecule has 0 spiro atoms. The quantitative estimate of drug-likeness (QED) is 0.774. The van der Waals surface area contributed by atoms with Crippen LogP contribution in [0.15, 0.2) is 42.5 Å². The van der Waals surface area contributed by atoms with Crippen molar-refractivity contribution in [3.63, 3.8) is 0 Å². The molecule has 0 unspecified atom stereocenters. The van der Waals surface area contributed by atoms with Crippen molar-refractivity contribution in [3.05, 3.63) is 59.4 Å². The van der Waals surface area contributed by atoms with E-state index in [9.17, 15) is 14.0 Å². The molecule has 130 valence electrons. The van der Waals surface area contributed by atoms with E-state index in [4.69, 9.17) is 0 Å². The minimum absolute atomic E-state index is 0.0128. The maximum absolute atomic E-state index is 13.6. The van der Waals surface area contributed by atoms with Gasteiger partial charge in [-0.2, -0.15) is 0 Å². The second kappa shape index (κ2) is 7.34. The second-order valence-corrected chi connectivity index (χ2v) is 6.19. The predicted molar refractivity (Wildman–Crippen MR) is 94.8 cm³/mol. The number of anilines is 2. The summed E-state index contributed by atoms with van der Waals surface area (Å²) < 4.78 is 13.6. The van der Waals surface area contributed by atoms with Crippen molar-refractivity contribution in [2.24, 2.45) is 5.92 Å². The fraction of sp³-hybridized carbons (Fsp3) is 0.263. The van der Waals surface area contributed by atoms with Crippen LogP contribution in [0.25, 0.3) is 0 Å². The number of aryl methyl sites for hydroxylation is 1. The first-order valence-electron chi connectivity index (χ1n) is 8.22. The van der Waals surface area contributed by atoms with E-state index >= 15 is 0 Å². The fourth-order valence-electron chi connectivity index (χ4n) is 2.41. The third-order valence-corrected chi connectivity index (χ3v) is 4.10. The molecule has 0 aliphatic heterocycles. The summed E-state index contributed by atoms with van der Waals surface area (Å²) in [4.78, 5) is 23.9. The summed E-state index contributed by atoms with van der Waals surface area (Å²) in [6, 6.07) is 11.2. The molecule has 2 aromatic carbocycles. The standard InChI is InChI=1S/C19H20FN3O2/c1-12-6-9-15(22-18(24)13-7-8-13)10-17(12)23-19(25)21-11-14-4-2-3-5-16(14)20/h2-6,9-10,13H,7-8,11H2,1H3,(H,22,24)(H2,21,23,25). The molecule has 1 saturated carbocycles. The molecular weight excluding hydrogens is 321 g/mol. The van der Waals surface area contributed by atoms with Gasteiger partial charge in [-0.1, -0.05) is 24.3 Å². The number of urea groups is 1. The van der Waals surface area contributed by atoms with Gasteiger partial charge in [-0.15, -0.1) is 0 Å². The molecular formula is C19H20FN3O2. The van der Waals surface area contributed by atoms with Crippen molar-refractivity contribution in [3.8, 4) is 0 Å². The lowest BCUT2D eigenvalue weighted by Gasteiger charge is -2.12. The summed E-state index contributed by atoms with van der Waals surface area (Å²) in [6.07, 6.45) is 1.86. The van der Waals surface area contributed by atoms with E-state index in [-0.39, 0.29) is 24.2 Å². The molecule has 1 fully saturated rings. The molecule has 0 saturated heterocycles. The SMILES string of the molecule is Cc1ccc(NC(=O)C2CC2)cc1NC(=O)NCc1ccccc1F. The Morgan fingerprint density at radius 1 is 1.12 bits per heavy atom. The molecule has 1 aliphatic rings. The van der Waals surface area contributed by atoms with Crippen molar-refractivity contribution < 1.29 is 14.0 Å². The molecule has 1 aliphatic carbocycles. The molecule has 6 heteroatoms. The van der Waals surface area contributed by atoms with Gasteiger partial charge in [0.15, 0.2) is 0 Å². The smallest absolute Gasteiger partial charge is 0.319 e. The molecule has 25 heavy (non-hydrogen) atoms. The first-order chi connectivity index (χ1) is 12.0. The molecule has 0 heterocycles. The fourth-order valence-corrected chi connectivity index (χ4v) is 2.41. The number of hydrogen-bond acceptors (Lipinski definition) is 2. The summed E-state index contributed by atoms with van der Waals surface area (Å²) in [7, 11) is 0. The van der Waals surface area contributed by atoms with Gasteiger partial charge in [0.05, 0.1) is 0 Å². The van der Waals surface area contributed by atoms with Crippen LogP contribution >= 0.6 is 0 Å². The number of carbonyl (C=O) groups excluding carboxylic acids is 2. The van der Waals surface area contributed by atoms with Crippen LogP contribution in [0.1, 0.15) is 24.0 Å². The van der Waals surface area contributed by atoms with Crippen LogP contribution in [0.4, 0.5) is 20.6 Å². The normalized spacial score (nSPS) is 13.2. The number of carbonyl (C=O) groups is 2. The highest BCUT2D eigenvalue weighted by molar-refractivity contribution is 5.96. The second-order valence-electron chi connectivity index (χ2n) is 6.19. The Bertz CT molecular complexity index is 803. The van der Waals surface area contributed by atoms with Crippen LogP contribution in [-0.2, 0) is 11.3 Å². The third kappa shape index (κ3) is 4.56. The number of halogens is 1. The number of hydrogen-bond donors (Lipinski definition) is 3. The van der Waals surface area contributed by atoms with E-state index in [0.29, 0.717) is 16.9 Å². The topological polar surface area (TPSA) is 70.2 Å². The van der Waals surface area contributed by atoms with Gasteiger partial charge >= 0.3 is 6.03 Å². The molecule has 3 rings (SSSR count). The summed E-state index contributed by atoms with van der Waals surface area (Å²) in [5.74, 6) is -0.232. The van der Waals surface area contributed by atoms with E-state index in [2.05, 4.69) is 16.0 Å². The summed E-state index contributed by atoms with van der Waals surface area (Å²) in [5.41, 5.74) is 2.52. The Morgan fingerprint density at radius 3 is 2.60 bits per heavy atom. The maximum atomic E-state index is 13.6. The molecule has 2 aromatic rings. The van der Waals surface area contributed by atoms with Crippen LogP contribution in [0.2, 0.25) is 0 Å². The van der Waals surface area contributed by atoms with E-state index in [1.54, 1.807) is 30.3 Å². The predicted octanol–water partition coefficient (Wildman–Crippen LogP) is 3.80. The van der Waals surface area contributed by atoms with E-state index in [1.807, 2.05) is 13.0 Å². The van der Waals surface area contributed by atoms with Crippen molar-refractivity contribution >= 4 is 23.3 Å². The third-order valence-electron chi connectivity index (χ3n) is 4.10. The highest BCUT2D eigenvalue weighted by Crippen LogP contribution is 2.30. The Hall–Kier alpha value is -2.89. The zero-order valence-electron chi connectivity index (χ0n) is 13.9. The Morgan fingerprint density at radius 2 is 1.88 bits per heavy atom. The van der Waals surface area contributed by atoms with Crippen molar-refractivity contribution in [2.45, 2.75) is 26.3 Å². The highest BCUT2D eigenvalue weighted by atomic mass is 19.1. The first kappa shape index (κ1) is 17.0. The Kier molecular flexibility index (Phi) is 4.97. The average molecular weight is 341 g/mol. The lowest BCUT2D eigenvalue weighted by Crippen LogP contribution is -2.28. The minimum atomic E-state index is -0.433. The number of rotatable bonds is 5. The maximum Gasteiger partial charge on any atom is 0.319 e. The van der Waals surface area contributed by atoms with Crippen molar-refractivity contribution in [2.75, 3.05) is 10.6 Å². The Balaban J connectivity index is 1.60. The van der Waals surface area contributed by atoms with Gasteiger partial charge in [0.2, 0.25) is 5.91 Å². The van der Waals surface area contributed by atoms with Gasteiger partial charge < -0.3 is 16.0 Å². The molecule has 0 radical (unpaired) electrons. The highest BCUT2D eigenvalue weighted by Gasteiger charge is 2.29. The number of benzene rings is 2. The summed E-state index contributed by atoms with van der Waals surface area (Å²) in [6.45, 7) is 1.95. The molecule has 0 aromatic heterocycles. The van der Waals surface area contributed by atoms with E-state index in [1.165, 1.54) is 6.07 Å². The lowest BCUT2D eigenvalue weighted by molar-refractivity contribution is -0.117. The molecule has 5 nitrogen and oxygen atoms in total. The van der Waals surface area contributed by atoms with Gasteiger partial charge in [-0.05, 0) is 43.5 Å². The van der Waals surface area contributed by atoms with Crippen LogP contribution in [0.5, 0.6) is 0 Å². The summed E-state index contributed by atoms with van der Waals surface area (Å²) >= 11 is 0. The Labute approximate surface area is 145 Å². The van der Waals surface area contributed by atoms with Crippen LogP contribution in [-0.4, -0.2) is 11.9 Å². The molecule has 3 amide bonds. The van der Waals surface area contributed by atoms with E-state index in [0.717, 1.165) is 18.4 Å². The van der Waals surface area contributed by atoms with Gasteiger partial charge in [0, 0.05) is 29.4 Å². The van der Waals surface area contributed by atoms with Crippen LogP contribution in [0, 0.1) is 18.7 Å². The number of nitrogens with one attached hydrogen (secondary N) is 3. The van der Waals surface area contributed by atoms with Gasteiger partial charge in [-0.3, -0.25) is 4.79 Å². The molecule has 3 N–H and O–H groups in total. The zero-order valence-corrected chi connectivity index (χ0v) is 13.9. The number of amides is 3.